The Morgan fingerprint density at radius 2 is 2.03 bits per heavy atom. The molecule has 0 spiro atoms. The number of ether oxygens (including phenoxy) is 1. The molecule has 3 aromatic rings. The summed E-state index contributed by atoms with van der Waals surface area (Å²) in [6.45, 7) is 1.08. The SMILES string of the molecule is COc1ccc(C(F)(F)F)cc1NC(=O)C1CCCN(c2cc(-n3cccn3)ncn2)C1. The highest BCUT2D eigenvalue weighted by molar-refractivity contribution is 5.94. The fourth-order valence-corrected chi connectivity index (χ4v) is 3.66. The Kier molecular flexibility index (Phi) is 5.97. The molecule has 0 saturated carbocycles. The number of rotatable bonds is 5. The van der Waals surface area contributed by atoms with Crippen LogP contribution in [0.2, 0.25) is 0 Å². The van der Waals surface area contributed by atoms with Crippen molar-refractivity contribution in [1.29, 1.82) is 0 Å². The third kappa shape index (κ3) is 4.66. The summed E-state index contributed by atoms with van der Waals surface area (Å²) in [4.78, 5) is 23.4. The first kappa shape index (κ1) is 21.6. The molecule has 3 heterocycles. The number of aromatic nitrogens is 4. The van der Waals surface area contributed by atoms with Gasteiger partial charge in [-0.05, 0) is 37.1 Å². The maximum Gasteiger partial charge on any atom is 0.416 e. The summed E-state index contributed by atoms with van der Waals surface area (Å²) in [6, 6.07) is 6.57. The van der Waals surface area contributed by atoms with E-state index >= 15 is 0 Å². The van der Waals surface area contributed by atoms with Gasteiger partial charge in [-0.2, -0.15) is 18.3 Å². The number of nitrogens with one attached hydrogen (secondary N) is 1. The lowest BCUT2D eigenvalue weighted by molar-refractivity contribution is -0.137. The topological polar surface area (TPSA) is 85.2 Å². The monoisotopic (exact) mass is 446 g/mol. The molecular weight excluding hydrogens is 425 g/mol. The first-order valence-corrected chi connectivity index (χ1v) is 9.98. The lowest BCUT2D eigenvalue weighted by Crippen LogP contribution is -2.41. The Morgan fingerprint density at radius 1 is 1.22 bits per heavy atom. The van der Waals surface area contributed by atoms with Crippen LogP contribution in [0.25, 0.3) is 5.82 Å². The molecule has 32 heavy (non-hydrogen) atoms. The van der Waals surface area contributed by atoms with E-state index in [1.807, 2.05) is 4.90 Å². The number of hydrogen-bond donors (Lipinski definition) is 1. The average molecular weight is 446 g/mol. The van der Waals surface area contributed by atoms with Gasteiger partial charge in [0.2, 0.25) is 5.91 Å². The second-order valence-electron chi connectivity index (χ2n) is 7.37. The predicted octanol–water partition coefficient (Wildman–Crippen LogP) is 3.54. The molecule has 1 atom stereocenters. The van der Waals surface area contributed by atoms with Crippen molar-refractivity contribution in [2.45, 2.75) is 19.0 Å². The van der Waals surface area contributed by atoms with E-state index in [0.717, 1.165) is 18.6 Å². The molecular formula is C21H21F3N6O2. The zero-order valence-corrected chi connectivity index (χ0v) is 17.2. The van der Waals surface area contributed by atoms with Gasteiger partial charge in [-0.3, -0.25) is 4.79 Å². The van der Waals surface area contributed by atoms with Gasteiger partial charge < -0.3 is 15.0 Å². The Bertz CT molecular complexity index is 1090. The quantitative estimate of drug-likeness (QED) is 0.645. The van der Waals surface area contributed by atoms with Crippen LogP contribution in [0.4, 0.5) is 24.7 Å². The van der Waals surface area contributed by atoms with E-state index in [-0.39, 0.29) is 17.3 Å². The van der Waals surface area contributed by atoms with Crippen LogP contribution < -0.4 is 15.0 Å². The molecule has 11 heteroatoms. The van der Waals surface area contributed by atoms with Crippen molar-refractivity contribution in [1.82, 2.24) is 19.7 Å². The number of carbonyl (C=O) groups excluding carboxylic acids is 1. The molecule has 1 aliphatic rings. The molecule has 1 N–H and O–H groups in total. The summed E-state index contributed by atoms with van der Waals surface area (Å²) in [6.07, 6.45) is 1.67. The molecule has 1 aromatic carbocycles. The second kappa shape index (κ2) is 8.85. The molecule has 1 unspecified atom stereocenters. The van der Waals surface area contributed by atoms with Crippen LogP contribution >= 0.6 is 0 Å². The van der Waals surface area contributed by atoms with E-state index < -0.39 is 17.7 Å². The van der Waals surface area contributed by atoms with E-state index in [4.69, 9.17) is 4.74 Å². The number of anilines is 2. The number of piperidine rings is 1. The van der Waals surface area contributed by atoms with Crippen LogP contribution in [0.15, 0.2) is 49.1 Å². The fraction of sp³-hybridized carbons (Fsp3) is 0.333. The van der Waals surface area contributed by atoms with Gasteiger partial charge in [0.05, 0.1) is 24.3 Å². The second-order valence-corrected chi connectivity index (χ2v) is 7.37. The summed E-state index contributed by atoms with van der Waals surface area (Å²) in [7, 11) is 1.34. The molecule has 1 fully saturated rings. The molecule has 1 aliphatic heterocycles. The Hall–Kier alpha value is -3.63. The standard InChI is InChI=1S/C21H21F3N6O2/c1-32-17-6-5-15(21(22,23)24)10-16(17)28-20(31)14-4-2-8-29(12-14)18-11-19(26-13-25-18)30-9-3-7-27-30/h3,5-7,9-11,13-14H,2,4,8,12H2,1H3,(H,28,31). The van der Waals surface area contributed by atoms with Gasteiger partial charge >= 0.3 is 6.18 Å². The van der Waals surface area contributed by atoms with Gasteiger partial charge in [0.15, 0.2) is 5.82 Å². The number of halogens is 3. The maximum absolute atomic E-state index is 13.1. The van der Waals surface area contributed by atoms with E-state index in [9.17, 15) is 18.0 Å². The van der Waals surface area contributed by atoms with Crippen molar-refractivity contribution in [2.75, 3.05) is 30.4 Å². The minimum atomic E-state index is -4.52. The summed E-state index contributed by atoms with van der Waals surface area (Å²) in [5.74, 6) is 0.624. The van der Waals surface area contributed by atoms with Gasteiger partial charge in [0.1, 0.15) is 17.9 Å². The van der Waals surface area contributed by atoms with Crippen LogP contribution in [0.3, 0.4) is 0 Å². The first-order chi connectivity index (χ1) is 15.3. The Morgan fingerprint density at radius 3 is 2.75 bits per heavy atom. The number of nitrogens with zero attached hydrogens (tertiary/aromatic N) is 5. The third-order valence-corrected chi connectivity index (χ3v) is 5.28. The molecule has 0 radical (unpaired) electrons. The van der Waals surface area contributed by atoms with Crippen LogP contribution in [0.1, 0.15) is 18.4 Å². The molecule has 1 amide bonds. The van der Waals surface area contributed by atoms with Crippen molar-refractivity contribution >= 4 is 17.4 Å². The zero-order valence-electron chi connectivity index (χ0n) is 17.2. The molecule has 0 bridgehead atoms. The van der Waals surface area contributed by atoms with Crippen molar-refractivity contribution < 1.29 is 22.7 Å². The normalized spacial score (nSPS) is 16.6. The first-order valence-electron chi connectivity index (χ1n) is 9.98. The van der Waals surface area contributed by atoms with Crippen LogP contribution in [-0.2, 0) is 11.0 Å². The van der Waals surface area contributed by atoms with Crippen LogP contribution in [-0.4, -0.2) is 45.9 Å². The average Bonchev–Trinajstić information content (AvgIpc) is 3.34. The predicted molar refractivity (Wildman–Crippen MR) is 111 cm³/mol. The Balaban J connectivity index is 1.50. The van der Waals surface area contributed by atoms with E-state index in [1.54, 1.807) is 29.2 Å². The highest BCUT2D eigenvalue weighted by atomic mass is 19.4. The Labute approximate surface area is 182 Å². The summed E-state index contributed by atoms with van der Waals surface area (Å²) in [5.41, 5.74) is -0.863. The van der Waals surface area contributed by atoms with E-state index in [1.165, 1.54) is 19.5 Å². The highest BCUT2D eigenvalue weighted by Gasteiger charge is 2.32. The molecule has 8 nitrogen and oxygen atoms in total. The van der Waals surface area contributed by atoms with Crippen molar-refractivity contribution in [2.24, 2.45) is 5.92 Å². The van der Waals surface area contributed by atoms with Gasteiger partial charge in [0, 0.05) is 31.5 Å². The van der Waals surface area contributed by atoms with Crippen molar-refractivity contribution in [3.05, 3.63) is 54.6 Å². The van der Waals surface area contributed by atoms with Crippen molar-refractivity contribution in [3.63, 3.8) is 0 Å². The number of carbonyl (C=O) groups is 1. The van der Waals surface area contributed by atoms with Gasteiger partial charge in [-0.1, -0.05) is 0 Å². The number of methoxy groups -OCH3 is 1. The zero-order chi connectivity index (χ0) is 22.7. The lowest BCUT2D eigenvalue weighted by Gasteiger charge is -2.33. The summed E-state index contributed by atoms with van der Waals surface area (Å²) in [5, 5.41) is 6.77. The molecule has 2 aromatic heterocycles. The summed E-state index contributed by atoms with van der Waals surface area (Å²) >= 11 is 0. The summed E-state index contributed by atoms with van der Waals surface area (Å²) < 4.78 is 46.0. The fourth-order valence-electron chi connectivity index (χ4n) is 3.66. The van der Waals surface area contributed by atoms with Gasteiger partial charge in [-0.25, -0.2) is 14.6 Å². The minimum Gasteiger partial charge on any atom is -0.495 e. The molecule has 0 aliphatic carbocycles. The maximum atomic E-state index is 13.1. The van der Waals surface area contributed by atoms with Crippen LogP contribution in [0, 0.1) is 5.92 Å². The number of benzene rings is 1. The van der Waals surface area contributed by atoms with E-state index in [2.05, 4.69) is 20.4 Å². The number of alkyl halides is 3. The third-order valence-electron chi connectivity index (χ3n) is 5.28. The van der Waals surface area contributed by atoms with Crippen molar-refractivity contribution in [3.8, 4) is 11.6 Å². The van der Waals surface area contributed by atoms with E-state index in [0.29, 0.717) is 31.1 Å². The molecule has 4 rings (SSSR count). The van der Waals surface area contributed by atoms with Crippen LogP contribution in [0.5, 0.6) is 5.75 Å². The molecule has 168 valence electrons. The number of hydrogen-bond acceptors (Lipinski definition) is 6. The number of amides is 1. The van der Waals surface area contributed by atoms with Gasteiger partial charge in [0.25, 0.3) is 0 Å². The lowest BCUT2D eigenvalue weighted by atomic mass is 9.97. The smallest absolute Gasteiger partial charge is 0.416 e. The minimum absolute atomic E-state index is 0.00699. The molecule has 1 saturated heterocycles. The largest absolute Gasteiger partial charge is 0.495 e. The van der Waals surface area contributed by atoms with Gasteiger partial charge in [-0.15, -0.1) is 0 Å². The highest BCUT2D eigenvalue weighted by Crippen LogP contribution is 2.35.